The Morgan fingerprint density at radius 2 is 0.846 bits per heavy atom. The third-order valence-electron chi connectivity index (χ3n) is 3.90. The first-order valence-electron chi connectivity index (χ1n) is 6.08. The zero-order chi connectivity index (χ0) is 10.4. The molecule has 0 saturated carbocycles. The Morgan fingerprint density at radius 3 is 1.00 bits per heavy atom. The van der Waals surface area contributed by atoms with Crippen LogP contribution in [0.15, 0.2) is 0 Å². The molecular weight excluding hydrogens is 156 g/mol. The monoisotopic (exact) mass is 184 g/mol. The zero-order valence-corrected chi connectivity index (χ0v) is 10.4. The van der Waals surface area contributed by atoms with Crippen molar-refractivity contribution < 1.29 is 0 Å². The van der Waals surface area contributed by atoms with Crippen LogP contribution in [-0.2, 0) is 0 Å². The van der Waals surface area contributed by atoms with Crippen LogP contribution in [0, 0.1) is 23.7 Å². The van der Waals surface area contributed by atoms with Crippen molar-refractivity contribution >= 4 is 0 Å². The average Bonchev–Trinajstić information content (AvgIpc) is 2.16. The third kappa shape index (κ3) is 3.70. The molecule has 3 atom stereocenters. The van der Waals surface area contributed by atoms with E-state index in [1.54, 1.807) is 0 Å². The van der Waals surface area contributed by atoms with Crippen LogP contribution >= 0.6 is 0 Å². The van der Waals surface area contributed by atoms with Crippen LogP contribution in [0.4, 0.5) is 0 Å². The lowest BCUT2D eigenvalue weighted by Gasteiger charge is -2.33. The summed E-state index contributed by atoms with van der Waals surface area (Å²) in [4.78, 5) is 0. The third-order valence-corrected chi connectivity index (χ3v) is 3.90. The summed E-state index contributed by atoms with van der Waals surface area (Å²) in [5.74, 6) is 3.61. The summed E-state index contributed by atoms with van der Waals surface area (Å²) < 4.78 is 0. The Hall–Kier alpha value is 0. The molecule has 0 nitrogen and oxygen atoms in total. The topological polar surface area (TPSA) is 0 Å². The molecule has 0 bridgehead atoms. The van der Waals surface area contributed by atoms with Crippen LogP contribution in [-0.4, -0.2) is 0 Å². The Bertz CT molecular complexity index is 93.4. The molecule has 0 aromatic rings. The Morgan fingerprint density at radius 1 is 0.615 bits per heavy atom. The summed E-state index contributed by atoms with van der Waals surface area (Å²) in [5.41, 5.74) is 0. The van der Waals surface area contributed by atoms with E-state index in [0.29, 0.717) is 0 Å². The predicted octanol–water partition coefficient (Wildman–Crippen LogP) is 4.74. The second kappa shape index (κ2) is 6.45. The maximum absolute atomic E-state index is 2.42. The lowest BCUT2D eigenvalue weighted by atomic mass is 9.72. The van der Waals surface area contributed by atoms with Gasteiger partial charge in [-0.3, -0.25) is 0 Å². The maximum atomic E-state index is 2.42. The van der Waals surface area contributed by atoms with Crippen molar-refractivity contribution in [1.82, 2.24) is 0 Å². The van der Waals surface area contributed by atoms with Gasteiger partial charge in [0.1, 0.15) is 0 Å². The van der Waals surface area contributed by atoms with Crippen LogP contribution < -0.4 is 0 Å². The second-order valence-corrected chi connectivity index (χ2v) is 4.73. The van der Waals surface area contributed by atoms with Gasteiger partial charge in [-0.2, -0.15) is 0 Å². The normalized spacial score (nSPS) is 20.8. The summed E-state index contributed by atoms with van der Waals surface area (Å²) in [5, 5.41) is 0. The molecule has 0 N–H and O–H groups in total. The highest BCUT2D eigenvalue weighted by molar-refractivity contribution is 4.75. The van der Waals surface area contributed by atoms with Gasteiger partial charge in [-0.05, 0) is 23.7 Å². The summed E-state index contributed by atoms with van der Waals surface area (Å²) in [6, 6.07) is 0. The second-order valence-electron chi connectivity index (χ2n) is 4.73. The predicted molar refractivity (Wildman–Crippen MR) is 61.9 cm³/mol. The molecule has 0 amide bonds. The molecule has 0 aliphatic carbocycles. The SMILES string of the molecule is CCC(C)C(C(C)CC)C(C)CC. The number of rotatable bonds is 6. The maximum Gasteiger partial charge on any atom is -0.0337 e. The molecule has 0 radical (unpaired) electrons. The van der Waals surface area contributed by atoms with Gasteiger partial charge >= 0.3 is 0 Å². The van der Waals surface area contributed by atoms with Gasteiger partial charge in [0, 0.05) is 0 Å². The first-order chi connectivity index (χ1) is 6.08. The molecule has 0 spiro atoms. The van der Waals surface area contributed by atoms with Crippen molar-refractivity contribution in [2.75, 3.05) is 0 Å². The Balaban J connectivity index is 4.34. The van der Waals surface area contributed by atoms with Gasteiger partial charge in [0.25, 0.3) is 0 Å². The molecule has 0 heterocycles. The highest BCUT2D eigenvalue weighted by atomic mass is 14.3. The van der Waals surface area contributed by atoms with Gasteiger partial charge in [-0.15, -0.1) is 0 Å². The lowest BCUT2D eigenvalue weighted by Crippen LogP contribution is -2.25. The van der Waals surface area contributed by atoms with Crippen molar-refractivity contribution in [2.45, 2.75) is 60.8 Å². The van der Waals surface area contributed by atoms with Crippen molar-refractivity contribution in [3.8, 4) is 0 Å². The molecule has 0 rings (SSSR count). The van der Waals surface area contributed by atoms with Crippen LogP contribution in [0.1, 0.15) is 60.8 Å². The number of hydrogen-bond donors (Lipinski definition) is 0. The standard InChI is InChI=1S/C13H28/c1-7-10(4)13(11(5)8-2)12(6)9-3/h10-13H,7-9H2,1-6H3. The van der Waals surface area contributed by atoms with E-state index in [0.717, 1.165) is 23.7 Å². The van der Waals surface area contributed by atoms with E-state index < -0.39 is 0 Å². The van der Waals surface area contributed by atoms with Crippen molar-refractivity contribution in [1.29, 1.82) is 0 Å². The Kier molecular flexibility index (Phi) is 6.45. The van der Waals surface area contributed by atoms with E-state index in [1.807, 2.05) is 0 Å². The van der Waals surface area contributed by atoms with E-state index in [9.17, 15) is 0 Å². The van der Waals surface area contributed by atoms with Crippen LogP contribution in [0.3, 0.4) is 0 Å². The summed E-state index contributed by atoms with van der Waals surface area (Å²) >= 11 is 0. The number of hydrogen-bond acceptors (Lipinski definition) is 0. The molecule has 80 valence electrons. The highest BCUT2D eigenvalue weighted by Gasteiger charge is 2.25. The van der Waals surface area contributed by atoms with Gasteiger partial charge in [0.05, 0.1) is 0 Å². The van der Waals surface area contributed by atoms with E-state index >= 15 is 0 Å². The largest absolute Gasteiger partial charge is 0.0651 e. The van der Waals surface area contributed by atoms with Gasteiger partial charge in [-0.1, -0.05) is 60.8 Å². The van der Waals surface area contributed by atoms with Crippen LogP contribution in [0.5, 0.6) is 0 Å². The van der Waals surface area contributed by atoms with E-state index in [4.69, 9.17) is 0 Å². The average molecular weight is 184 g/mol. The van der Waals surface area contributed by atoms with Crippen molar-refractivity contribution in [3.63, 3.8) is 0 Å². The van der Waals surface area contributed by atoms with Crippen LogP contribution in [0.25, 0.3) is 0 Å². The molecule has 0 aliphatic rings. The highest BCUT2D eigenvalue weighted by Crippen LogP contribution is 2.33. The molecule has 0 heteroatoms. The molecule has 0 saturated heterocycles. The summed E-state index contributed by atoms with van der Waals surface area (Å²) in [6.07, 6.45) is 4.00. The summed E-state index contributed by atoms with van der Waals surface area (Å²) in [6.45, 7) is 14.2. The molecular formula is C13H28. The van der Waals surface area contributed by atoms with E-state index in [2.05, 4.69) is 41.5 Å². The summed E-state index contributed by atoms with van der Waals surface area (Å²) in [7, 11) is 0. The van der Waals surface area contributed by atoms with Gasteiger partial charge in [-0.25, -0.2) is 0 Å². The molecule has 0 fully saturated rings. The van der Waals surface area contributed by atoms with Gasteiger partial charge in [0.2, 0.25) is 0 Å². The molecule has 0 aromatic heterocycles. The van der Waals surface area contributed by atoms with Gasteiger partial charge < -0.3 is 0 Å². The zero-order valence-electron chi connectivity index (χ0n) is 10.4. The minimum absolute atomic E-state index is 0.893. The molecule has 0 aromatic carbocycles. The first-order valence-corrected chi connectivity index (χ1v) is 6.08. The molecule has 0 aliphatic heterocycles. The first kappa shape index (κ1) is 13.0. The van der Waals surface area contributed by atoms with Crippen molar-refractivity contribution in [3.05, 3.63) is 0 Å². The smallest absolute Gasteiger partial charge is 0.0337 e. The Labute approximate surface area is 85.1 Å². The van der Waals surface area contributed by atoms with E-state index in [-0.39, 0.29) is 0 Å². The van der Waals surface area contributed by atoms with E-state index in [1.165, 1.54) is 19.3 Å². The van der Waals surface area contributed by atoms with Crippen LogP contribution in [0.2, 0.25) is 0 Å². The fraction of sp³-hybridized carbons (Fsp3) is 1.00. The molecule has 3 unspecified atom stereocenters. The lowest BCUT2D eigenvalue weighted by molar-refractivity contribution is 0.163. The fourth-order valence-corrected chi connectivity index (χ4v) is 2.50. The minimum Gasteiger partial charge on any atom is -0.0651 e. The minimum atomic E-state index is 0.893. The quantitative estimate of drug-likeness (QED) is 0.559. The fourth-order valence-electron chi connectivity index (χ4n) is 2.50. The van der Waals surface area contributed by atoms with Crippen molar-refractivity contribution in [2.24, 2.45) is 23.7 Å². The van der Waals surface area contributed by atoms with Gasteiger partial charge in [0.15, 0.2) is 0 Å². The molecule has 13 heavy (non-hydrogen) atoms.